The SMILES string of the molecule is CCN1CCc2c(cc(N3C(=O)CNC3=O)cc2-c2cc(F)ccc2OC)C1. The molecule has 1 fully saturated rings. The van der Waals surface area contributed by atoms with E-state index >= 15 is 0 Å². The highest BCUT2D eigenvalue weighted by atomic mass is 19.1. The number of urea groups is 1. The van der Waals surface area contributed by atoms with Gasteiger partial charge in [-0.3, -0.25) is 9.69 Å². The summed E-state index contributed by atoms with van der Waals surface area (Å²) in [5.41, 5.74) is 4.06. The number of anilines is 1. The molecule has 0 radical (unpaired) electrons. The second kappa shape index (κ2) is 7.24. The van der Waals surface area contributed by atoms with Crippen LogP contribution < -0.4 is 15.0 Å². The molecule has 0 unspecified atom stereocenters. The van der Waals surface area contributed by atoms with Crippen molar-refractivity contribution in [3.63, 3.8) is 0 Å². The Kier molecular flexibility index (Phi) is 4.77. The number of hydrogen-bond donors (Lipinski definition) is 1. The van der Waals surface area contributed by atoms with Gasteiger partial charge in [0.05, 0.1) is 19.3 Å². The van der Waals surface area contributed by atoms with Crippen LogP contribution in [0.4, 0.5) is 14.9 Å². The second-order valence-electron chi connectivity index (χ2n) is 6.98. The van der Waals surface area contributed by atoms with Crippen molar-refractivity contribution in [2.24, 2.45) is 0 Å². The molecule has 0 spiro atoms. The molecule has 6 nitrogen and oxygen atoms in total. The minimum atomic E-state index is -0.440. The van der Waals surface area contributed by atoms with E-state index in [2.05, 4.69) is 17.1 Å². The smallest absolute Gasteiger partial charge is 0.329 e. The molecule has 3 amide bonds. The van der Waals surface area contributed by atoms with Crippen molar-refractivity contribution in [3.05, 3.63) is 47.3 Å². The maximum atomic E-state index is 14.1. The lowest BCUT2D eigenvalue weighted by atomic mass is 9.89. The van der Waals surface area contributed by atoms with Crippen LogP contribution in [-0.2, 0) is 17.8 Å². The van der Waals surface area contributed by atoms with E-state index in [0.717, 1.165) is 41.1 Å². The summed E-state index contributed by atoms with van der Waals surface area (Å²) in [7, 11) is 1.54. The molecule has 2 aromatic rings. The molecule has 2 heterocycles. The number of benzene rings is 2. The zero-order valence-corrected chi connectivity index (χ0v) is 15.9. The van der Waals surface area contributed by atoms with Crippen LogP contribution >= 0.6 is 0 Å². The lowest BCUT2D eigenvalue weighted by molar-refractivity contribution is -0.115. The van der Waals surface area contributed by atoms with Gasteiger partial charge in [-0.15, -0.1) is 0 Å². The number of likely N-dealkylation sites (N-methyl/N-ethyl adjacent to an activating group) is 1. The lowest BCUT2D eigenvalue weighted by Gasteiger charge is -2.30. The summed E-state index contributed by atoms with van der Waals surface area (Å²) in [6.07, 6.45) is 0.804. The van der Waals surface area contributed by atoms with E-state index in [1.807, 2.05) is 6.07 Å². The number of fused-ring (bicyclic) bond motifs is 1. The van der Waals surface area contributed by atoms with Gasteiger partial charge in [0.1, 0.15) is 11.6 Å². The molecular weight excluding hydrogens is 361 g/mol. The molecule has 0 bridgehead atoms. The van der Waals surface area contributed by atoms with E-state index in [1.54, 1.807) is 19.2 Å². The maximum Gasteiger partial charge on any atom is 0.329 e. The number of ether oxygens (including phenoxy) is 1. The fourth-order valence-electron chi connectivity index (χ4n) is 3.96. The summed E-state index contributed by atoms with van der Waals surface area (Å²) in [5.74, 6) is -0.114. The highest BCUT2D eigenvalue weighted by Crippen LogP contribution is 2.39. The van der Waals surface area contributed by atoms with Gasteiger partial charge in [-0.2, -0.15) is 0 Å². The Morgan fingerprint density at radius 3 is 2.68 bits per heavy atom. The number of halogens is 1. The Labute approximate surface area is 162 Å². The monoisotopic (exact) mass is 383 g/mol. The summed E-state index contributed by atoms with van der Waals surface area (Å²) >= 11 is 0. The van der Waals surface area contributed by atoms with Crippen molar-refractivity contribution in [2.75, 3.05) is 31.6 Å². The topological polar surface area (TPSA) is 61.9 Å². The lowest BCUT2D eigenvalue weighted by Crippen LogP contribution is -2.33. The Balaban J connectivity index is 1.92. The number of carbonyl (C=O) groups excluding carboxylic acids is 2. The number of amides is 3. The van der Waals surface area contributed by atoms with Crippen molar-refractivity contribution >= 4 is 17.6 Å². The van der Waals surface area contributed by atoms with E-state index in [1.165, 1.54) is 12.1 Å². The standard InChI is InChI=1S/C21H22FN3O3/c1-3-24-7-6-16-13(12-24)8-15(25-20(26)11-23-21(25)27)10-17(16)18-9-14(22)4-5-19(18)28-2/h4-5,8-10H,3,6-7,11-12H2,1-2H3,(H,23,27). The van der Waals surface area contributed by atoms with Gasteiger partial charge in [0, 0.05) is 18.7 Å². The zero-order valence-electron chi connectivity index (χ0n) is 15.9. The third kappa shape index (κ3) is 3.11. The molecule has 1 N–H and O–H groups in total. The summed E-state index contributed by atoms with van der Waals surface area (Å²) in [6, 6.07) is 7.64. The quantitative estimate of drug-likeness (QED) is 0.825. The van der Waals surface area contributed by atoms with Gasteiger partial charge in [-0.25, -0.2) is 14.1 Å². The Hall–Kier alpha value is -2.93. The van der Waals surface area contributed by atoms with Crippen LogP contribution in [0.1, 0.15) is 18.1 Å². The average Bonchev–Trinajstić information content (AvgIpc) is 3.04. The van der Waals surface area contributed by atoms with Crippen molar-refractivity contribution in [2.45, 2.75) is 19.9 Å². The highest BCUT2D eigenvalue weighted by Gasteiger charge is 2.32. The predicted octanol–water partition coefficient (Wildman–Crippen LogP) is 2.94. The Bertz CT molecular complexity index is 944. The van der Waals surface area contributed by atoms with Crippen LogP contribution in [-0.4, -0.2) is 43.6 Å². The summed E-state index contributed by atoms with van der Waals surface area (Å²) < 4.78 is 19.5. The van der Waals surface area contributed by atoms with Gasteiger partial charge in [-0.05, 0) is 60.0 Å². The molecule has 146 valence electrons. The molecule has 0 aromatic heterocycles. The first-order valence-corrected chi connectivity index (χ1v) is 9.34. The van der Waals surface area contributed by atoms with Crippen molar-refractivity contribution in [1.82, 2.24) is 10.2 Å². The third-order valence-electron chi connectivity index (χ3n) is 5.40. The molecule has 2 aliphatic heterocycles. The number of methoxy groups -OCH3 is 1. The van der Waals surface area contributed by atoms with E-state index in [0.29, 0.717) is 23.5 Å². The minimum Gasteiger partial charge on any atom is -0.496 e. The molecule has 2 aromatic carbocycles. The summed E-state index contributed by atoms with van der Waals surface area (Å²) in [6.45, 7) is 4.61. The van der Waals surface area contributed by atoms with Crippen LogP contribution in [0, 0.1) is 5.82 Å². The Morgan fingerprint density at radius 1 is 1.18 bits per heavy atom. The molecule has 7 heteroatoms. The molecule has 2 aliphatic rings. The second-order valence-corrected chi connectivity index (χ2v) is 6.98. The van der Waals surface area contributed by atoms with Crippen LogP contribution in [0.15, 0.2) is 30.3 Å². The van der Waals surface area contributed by atoms with Crippen molar-refractivity contribution in [1.29, 1.82) is 0 Å². The zero-order chi connectivity index (χ0) is 19.8. The molecule has 0 atom stereocenters. The summed E-state index contributed by atoms with van der Waals surface area (Å²) in [5, 5.41) is 2.55. The molecule has 28 heavy (non-hydrogen) atoms. The first-order valence-electron chi connectivity index (χ1n) is 9.34. The Morgan fingerprint density at radius 2 is 2.00 bits per heavy atom. The molecule has 0 aliphatic carbocycles. The molecule has 0 saturated carbocycles. The number of nitrogens with one attached hydrogen (secondary N) is 1. The maximum absolute atomic E-state index is 14.1. The van der Waals surface area contributed by atoms with E-state index in [9.17, 15) is 14.0 Å². The van der Waals surface area contributed by atoms with Gasteiger partial charge in [0.25, 0.3) is 5.91 Å². The minimum absolute atomic E-state index is 0.0182. The van der Waals surface area contributed by atoms with Gasteiger partial charge < -0.3 is 10.1 Å². The molecule has 1 saturated heterocycles. The van der Waals surface area contributed by atoms with Crippen LogP contribution in [0.3, 0.4) is 0 Å². The van der Waals surface area contributed by atoms with Crippen LogP contribution in [0.25, 0.3) is 11.1 Å². The number of imide groups is 1. The molecule has 4 rings (SSSR count). The largest absolute Gasteiger partial charge is 0.496 e. The normalized spacial score (nSPS) is 16.9. The number of hydrogen-bond acceptors (Lipinski definition) is 4. The van der Waals surface area contributed by atoms with Crippen molar-refractivity contribution < 1.29 is 18.7 Å². The molecular formula is C21H22FN3O3. The predicted molar refractivity (Wildman–Crippen MR) is 104 cm³/mol. The van der Waals surface area contributed by atoms with Gasteiger partial charge in [-0.1, -0.05) is 6.92 Å². The fourth-order valence-corrected chi connectivity index (χ4v) is 3.96. The summed E-state index contributed by atoms with van der Waals surface area (Å²) in [4.78, 5) is 27.9. The number of rotatable bonds is 4. The van der Waals surface area contributed by atoms with Crippen molar-refractivity contribution in [3.8, 4) is 16.9 Å². The van der Waals surface area contributed by atoms with Crippen LogP contribution in [0.5, 0.6) is 5.75 Å². The average molecular weight is 383 g/mol. The van der Waals surface area contributed by atoms with E-state index in [4.69, 9.17) is 4.74 Å². The van der Waals surface area contributed by atoms with Gasteiger partial charge in [0.15, 0.2) is 0 Å². The first-order chi connectivity index (χ1) is 13.5. The van der Waals surface area contributed by atoms with Gasteiger partial charge in [0.2, 0.25) is 0 Å². The number of carbonyl (C=O) groups is 2. The third-order valence-corrected chi connectivity index (χ3v) is 5.40. The van der Waals surface area contributed by atoms with Gasteiger partial charge >= 0.3 is 6.03 Å². The first kappa shape index (κ1) is 18.4. The van der Waals surface area contributed by atoms with E-state index < -0.39 is 6.03 Å². The van der Waals surface area contributed by atoms with E-state index in [-0.39, 0.29) is 18.3 Å². The highest BCUT2D eigenvalue weighted by molar-refractivity contribution is 6.20. The van der Waals surface area contributed by atoms with Crippen LogP contribution in [0.2, 0.25) is 0 Å². The number of nitrogens with zero attached hydrogens (tertiary/aromatic N) is 2. The fraction of sp³-hybridized carbons (Fsp3) is 0.333.